The van der Waals surface area contributed by atoms with Crippen molar-refractivity contribution < 1.29 is 15.0 Å². The summed E-state index contributed by atoms with van der Waals surface area (Å²) in [4.78, 5) is 12.4. The molecule has 0 aliphatic carbocycles. The molecule has 0 fully saturated rings. The minimum absolute atomic E-state index is 0.116. The minimum atomic E-state index is -1.17. The van der Waals surface area contributed by atoms with Gasteiger partial charge >= 0.3 is 0 Å². The fraction of sp³-hybridized carbons (Fsp3) is 0. The van der Waals surface area contributed by atoms with E-state index in [0.29, 0.717) is 0 Å². The lowest BCUT2D eigenvalue weighted by atomic mass is 10.4. The van der Waals surface area contributed by atoms with E-state index in [1.165, 1.54) is 12.3 Å². The average Bonchev–Trinajstić information content (AvgIpc) is 2.82. The van der Waals surface area contributed by atoms with E-state index in [1.807, 2.05) is 0 Å². The summed E-state index contributed by atoms with van der Waals surface area (Å²) in [6.07, 6.45) is 4.88. The highest BCUT2D eigenvalue weighted by Gasteiger charge is 1.87. The van der Waals surface area contributed by atoms with Crippen molar-refractivity contribution in [1.82, 2.24) is 15.3 Å². The molecule has 0 unspecified atom stereocenters. The Hall–Kier alpha value is -2.11. The fourth-order valence-electron chi connectivity index (χ4n) is 0.644. The second kappa shape index (κ2) is 4.70. The number of carbonyl (C=O) groups excluding carboxylic acids is 1. The van der Waals surface area contributed by atoms with Crippen LogP contribution in [0.3, 0.4) is 0 Å². The van der Waals surface area contributed by atoms with Gasteiger partial charge in [-0.25, -0.2) is 0 Å². The third-order valence-corrected chi connectivity index (χ3v) is 1.18. The molecule has 6 nitrogen and oxygen atoms in total. The molecular weight excluding hydrogens is 172 g/mol. The summed E-state index contributed by atoms with van der Waals surface area (Å²) < 4.78 is 0. The van der Waals surface area contributed by atoms with Gasteiger partial charge in [0.2, 0.25) is 6.20 Å². The molecule has 0 radical (unpaired) electrons. The first kappa shape index (κ1) is 8.98. The third kappa shape index (κ3) is 3.19. The zero-order valence-electron chi connectivity index (χ0n) is 6.65. The SMILES string of the molecule is O=C([O-])c1ccc[nH]1.c1c[nH+][nH]n1. The molecule has 0 aliphatic rings. The molecule has 0 saturated heterocycles. The van der Waals surface area contributed by atoms with Crippen LogP contribution < -0.4 is 10.2 Å². The molecule has 2 heterocycles. The van der Waals surface area contributed by atoms with Gasteiger partial charge in [-0.1, -0.05) is 5.21 Å². The number of aromatic amines is 3. The Kier molecular flexibility index (Phi) is 3.25. The van der Waals surface area contributed by atoms with Gasteiger partial charge in [-0.3, -0.25) is 0 Å². The highest BCUT2D eigenvalue weighted by Crippen LogP contribution is 1.89. The first-order chi connectivity index (χ1) is 6.30. The van der Waals surface area contributed by atoms with Crippen LogP contribution in [0, 0.1) is 0 Å². The van der Waals surface area contributed by atoms with Crippen molar-refractivity contribution >= 4 is 5.97 Å². The van der Waals surface area contributed by atoms with E-state index < -0.39 is 5.97 Å². The van der Waals surface area contributed by atoms with E-state index in [9.17, 15) is 9.90 Å². The van der Waals surface area contributed by atoms with Gasteiger partial charge in [0, 0.05) is 11.3 Å². The smallest absolute Gasteiger partial charge is 0.205 e. The van der Waals surface area contributed by atoms with Crippen molar-refractivity contribution in [1.29, 1.82) is 0 Å². The first-order valence-corrected chi connectivity index (χ1v) is 3.51. The summed E-state index contributed by atoms with van der Waals surface area (Å²) in [6.45, 7) is 0. The lowest BCUT2D eigenvalue weighted by Gasteiger charge is -1.93. The van der Waals surface area contributed by atoms with Crippen molar-refractivity contribution in [3.63, 3.8) is 0 Å². The lowest BCUT2D eigenvalue weighted by molar-refractivity contribution is -0.454. The molecular formula is C7H8N4O2. The zero-order chi connectivity index (χ0) is 9.52. The van der Waals surface area contributed by atoms with Gasteiger partial charge < -0.3 is 14.9 Å². The standard InChI is InChI=1S/C5H5NO2.C2H3N3/c7-5(8)4-2-1-3-6-4;1-2-4-5-3-1/h1-3,6H,(H,7,8);1-2H,(H,3,4,5). The maximum Gasteiger partial charge on any atom is 0.205 e. The number of aromatic carboxylic acids is 1. The van der Waals surface area contributed by atoms with Crippen molar-refractivity contribution in [3.05, 3.63) is 36.4 Å². The molecule has 0 amide bonds. The summed E-state index contributed by atoms with van der Waals surface area (Å²) in [5.41, 5.74) is 0.116. The molecule has 0 bridgehead atoms. The van der Waals surface area contributed by atoms with Gasteiger partial charge in [0.05, 0.1) is 11.7 Å². The van der Waals surface area contributed by atoms with Crippen molar-refractivity contribution in [3.8, 4) is 0 Å². The Morgan fingerprint density at radius 2 is 2.46 bits per heavy atom. The van der Waals surface area contributed by atoms with Gasteiger partial charge in [-0.05, 0) is 12.1 Å². The Morgan fingerprint density at radius 1 is 1.62 bits per heavy atom. The Bertz CT molecular complexity index is 310. The lowest BCUT2D eigenvalue weighted by Crippen LogP contribution is -2.22. The molecule has 0 saturated carbocycles. The molecule has 6 heteroatoms. The average molecular weight is 180 g/mol. The Labute approximate surface area is 73.6 Å². The largest absolute Gasteiger partial charge is 0.543 e. The van der Waals surface area contributed by atoms with Gasteiger partial charge in [0.1, 0.15) is 0 Å². The molecule has 2 aromatic heterocycles. The van der Waals surface area contributed by atoms with Crippen LogP contribution >= 0.6 is 0 Å². The van der Waals surface area contributed by atoms with E-state index >= 15 is 0 Å². The molecule has 3 N–H and O–H groups in total. The zero-order valence-corrected chi connectivity index (χ0v) is 6.65. The maximum atomic E-state index is 9.92. The second-order valence-corrected chi connectivity index (χ2v) is 2.07. The number of nitrogens with zero attached hydrogens (tertiary/aromatic N) is 1. The molecule has 0 aromatic carbocycles. The van der Waals surface area contributed by atoms with Crippen molar-refractivity contribution in [2.75, 3.05) is 0 Å². The Morgan fingerprint density at radius 3 is 2.69 bits per heavy atom. The summed E-state index contributed by atoms with van der Waals surface area (Å²) >= 11 is 0. The van der Waals surface area contributed by atoms with Crippen LogP contribution in [0.25, 0.3) is 0 Å². The Balaban J connectivity index is 0.000000145. The van der Waals surface area contributed by atoms with Crippen LogP contribution in [-0.2, 0) is 0 Å². The van der Waals surface area contributed by atoms with E-state index in [2.05, 4.69) is 20.4 Å². The van der Waals surface area contributed by atoms with Crippen LogP contribution in [0.4, 0.5) is 0 Å². The van der Waals surface area contributed by atoms with Gasteiger partial charge in [0.15, 0.2) is 6.20 Å². The van der Waals surface area contributed by atoms with Gasteiger partial charge in [0.25, 0.3) is 0 Å². The van der Waals surface area contributed by atoms with E-state index in [4.69, 9.17) is 0 Å². The van der Waals surface area contributed by atoms with Crippen LogP contribution in [0.2, 0.25) is 0 Å². The quantitative estimate of drug-likeness (QED) is 0.564. The van der Waals surface area contributed by atoms with E-state index in [1.54, 1.807) is 18.5 Å². The molecule has 68 valence electrons. The van der Waals surface area contributed by atoms with Crippen LogP contribution in [0.5, 0.6) is 0 Å². The van der Waals surface area contributed by atoms with Gasteiger partial charge in [-0.2, -0.15) is 5.10 Å². The topological polar surface area (TPSA) is 98.7 Å². The van der Waals surface area contributed by atoms with E-state index in [0.717, 1.165) is 0 Å². The van der Waals surface area contributed by atoms with Gasteiger partial charge in [-0.15, -0.1) is 0 Å². The first-order valence-electron chi connectivity index (χ1n) is 3.51. The predicted octanol–water partition coefficient (Wildman–Crippen LogP) is -1.40. The number of carboxylic acid groups (broad SMARTS) is 1. The number of rotatable bonds is 1. The van der Waals surface area contributed by atoms with Crippen molar-refractivity contribution in [2.24, 2.45) is 0 Å². The highest BCUT2D eigenvalue weighted by molar-refractivity contribution is 5.83. The predicted molar refractivity (Wildman–Crippen MR) is 40.3 cm³/mol. The fourth-order valence-corrected chi connectivity index (χ4v) is 0.644. The number of H-pyrrole nitrogens is 3. The number of nitrogens with one attached hydrogen (secondary N) is 3. The monoisotopic (exact) mass is 180 g/mol. The van der Waals surface area contributed by atoms with Crippen molar-refractivity contribution in [2.45, 2.75) is 0 Å². The maximum absolute atomic E-state index is 9.92. The summed E-state index contributed by atoms with van der Waals surface area (Å²) in [7, 11) is 0. The number of carbonyl (C=O) groups is 1. The van der Waals surface area contributed by atoms with Crippen LogP contribution in [0.15, 0.2) is 30.7 Å². The van der Waals surface area contributed by atoms with Crippen LogP contribution in [-0.4, -0.2) is 21.3 Å². The normalized spacial score (nSPS) is 8.62. The summed E-state index contributed by atoms with van der Waals surface area (Å²) in [6, 6.07) is 3.04. The molecule has 0 atom stereocenters. The molecule has 2 rings (SSSR count). The second-order valence-electron chi connectivity index (χ2n) is 2.07. The molecule has 13 heavy (non-hydrogen) atoms. The highest BCUT2D eigenvalue weighted by atomic mass is 16.4. The molecule has 2 aromatic rings. The third-order valence-electron chi connectivity index (χ3n) is 1.18. The summed E-state index contributed by atoms with van der Waals surface area (Å²) in [5, 5.41) is 18.6. The molecule has 0 spiro atoms. The summed E-state index contributed by atoms with van der Waals surface area (Å²) in [5.74, 6) is -1.17. The number of carboxylic acids is 1. The number of aromatic nitrogens is 4. The minimum Gasteiger partial charge on any atom is -0.543 e. The number of hydrogen-bond donors (Lipinski definition) is 2. The number of hydrogen-bond acceptors (Lipinski definition) is 3. The van der Waals surface area contributed by atoms with E-state index in [-0.39, 0.29) is 5.69 Å². The molecule has 0 aliphatic heterocycles. The van der Waals surface area contributed by atoms with Crippen LogP contribution in [0.1, 0.15) is 10.5 Å².